The molecule has 1 aromatic carbocycles. The lowest BCUT2D eigenvalue weighted by molar-refractivity contribution is 0.136. The van der Waals surface area contributed by atoms with Crippen molar-refractivity contribution in [2.45, 2.75) is 26.3 Å². The maximum atomic E-state index is 9.80. The first kappa shape index (κ1) is 14.6. The van der Waals surface area contributed by atoms with Crippen LogP contribution in [0.5, 0.6) is 5.75 Å². The van der Waals surface area contributed by atoms with Crippen molar-refractivity contribution in [1.29, 1.82) is 0 Å². The summed E-state index contributed by atoms with van der Waals surface area (Å²) in [6, 6.07) is 5.26. The maximum Gasteiger partial charge on any atom is 0.121 e. The number of phenolic OH excluding ortho intramolecular Hbond substituents is 1. The van der Waals surface area contributed by atoms with E-state index in [4.69, 9.17) is 11.6 Å². The second-order valence-corrected chi connectivity index (χ2v) is 6.36. The molecule has 0 spiro atoms. The van der Waals surface area contributed by atoms with Crippen LogP contribution in [0.1, 0.15) is 25.3 Å². The van der Waals surface area contributed by atoms with Gasteiger partial charge in [-0.3, -0.25) is 0 Å². The molecule has 1 aromatic rings. The molecule has 0 amide bonds. The lowest BCUT2D eigenvalue weighted by Crippen LogP contribution is -2.41. The van der Waals surface area contributed by atoms with Crippen LogP contribution in [0.3, 0.4) is 0 Å². The number of halogens is 1. The van der Waals surface area contributed by atoms with E-state index in [9.17, 15) is 5.11 Å². The van der Waals surface area contributed by atoms with Gasteiger partial charge in [0.25, 0.3) is 0 Å². The average molecular weight is 283 g/mol. The minimum absolute atomic E-state index is 0.272. The van der Waals surface area contributed by atoms with Gasteiger partial charge in [-0.2, -0.15) is 0 Å². The summed E-state index contributed by atoms with van der Waals surface area (Å²) in [7, 11) is 2.18. The second-order valence-electron chi connectivity index (χ2n) is 5.96. The predicted molar refractivity (Wildman–Crippen MR) is 79.7 cm³/mol. The van der Waals surface area contributed by atoms with Gasteiger partial charge in [-0.05, 0) is 50.5 Å². The predicted octanol–water partition coefficient (Wildman–Crippen LogP) is 2.87. The van der Waals surface area contributed by atoms with Crippen molar-refractivity contribution in [3.8, 4) is 5.75 Å². The molecule has 0 aromatic heterocycles. The van der Waals surface area contributed by atoms with Gasteiger partial charge < -0.3 is 15.3 Å². The SMILES string of the molecule is CN1CCC(C)(CNCc2c(O)cccc2Cl)CC1. The van der Waals surface area contributed by atoms with Gasteiger partial charge >= 0.3 is 0 Å². The molecule has 2 N–H and O–H groups in total. The molecule has 0 bridgehead atoms. The number of aromatic hydroxyl groups is 1. The van der Waals surface area contributed by atoms with Gasteiger partial charge in [0.1, 0.15) is 5.75 Å². The van der Waals surface area contributed by atoms with E-state index in [1.807, 2.05) is 6.07 Å². The second kappa shape index (κ2) is 6.12. The standard InChI is InChI=1S/C15H23ClN2O/c1-15(6-8-18(2)9-7-15)11-17-10-12-13(16)4-3-5-14(12)19/h3-5,17,19H,6-11H2,1-2H3. The van der Waals surface area contributed by atoms with Crippen molar-refractivity contribution < 1.29 is 5.11 Å². The third kappa shape index (κ3) is 3.85. The van der Waals surface area contributed by atoms with Gasteiger partial charge in [-0.1, -0.05) is 24.6 Å². The van der Waals surface area contributed by atoms with Crippen LogP contribution < -0.4 is 5.32 Å². The fourth-order valence-corrected chi connectivity index (χ4v) is 2.78. The van der Waals surface area contributed by atoms with Crippen LogP contribution in [0, 0.1) is 5.41 Å². The zero-order valence-electron chi connectivity index (χ0n) is 11.7. The molecule has 0 radical (unpaired) electrons. The highest BCUT2D eigenvalue weighted by Gasteiger charge is 2.28. The third-order valence-corrected chi connectivity index (χ3v) is 4.50. The molecular formula is C15H23ClN2O. The van der Waals surface area contributed by atoms with E-state index in [2.05, 4.69) is 24.2 Å². The lowest BCUT2D eigenvalue weighted by atomic mass is 9.80. The monoisotopic (exact) mass is 282 g/mol. The van der Waals surface area contributed by atoms with Crippen LogP contribution in [0.2, 0.25) is 5.02 Å². The largest absolute Gasteiger partial charge is 0.508 e. The van der Waals surface area contributed by atoms with E-state index in [-0.39, 0.29) is 5.75 Å². The van der Waals surface area contributed by atoms with E-state index >= 15 is 0 Å². The van der Waals surface area contributed by atoms with Gasteiger partial charge in [-0.15, -0.1) is 0 Å². The fraction of sp³-hybridized carbons (Fsp3) is 0.600. The van der Waals surface area contributed by atoms with E-state index < -0.39 is 0 Å². The van der Waals surface area contributed by atoms with Crippen LogP contribution in [0.25, 0.3) is 0 Å². The zero-order chi connectivity index (χ0) is 13.9. The van der Waals surface area contributed by atoms with Crippen molar-refractivity contribution in [1.82, 2.24) is 10.2 Å². The number of likely N-dealkylation sites (tertiary alicyclic amines) is 1. The number of nitrogens with one attached hydrogen (secondary N) is 1. The lowest BCUT2D eigenvalue weighted by Gasteiger charge is -2.38. The van der Waals surface area contributed by atoms with Gasteiger partial charge in [0.2, 0.25) is 0 Å². The van der Waals surface area contributed by atoms with Crippen LogP contribution in [-0.4, -0.2) is 36.7 Å². The molecule has 0 unspecified atom stereocenters. The molecule has 0 aliphatic carbocycles. The molecule has 2 rings (SSSR count). The highest BCUT2D eigenvalue weighted by atomic mass is 35.5. The van der Waals surface area contributed by atoms with E-state index in [1.54, 1.807) is 12.1 Å². The summed E-state index contributed by atoms with van der Waals surface area (Å²) in [6.45, 7) is 6.24. The normalized spacial score (nSPS) is 19.5. The average Bonchev–Trinajstić information content (AvgIpc) is 2.37. The Labute approximate surface area is 120 Å². The van der Waals surface area contributed by atoms with Crippen LogP contribution >= 0.6 is 11.6 Å². The summed E-state index contributed by atoms with van der Waals surface area (Å²) in [5, 5.41) is 13.9. The molecule has 0 saturated carbocycles. The Morgan fingerprint density at radius 2 is 2.05 bits per heavy atom. The number of rotatable bonds is 4. The van der Waals surface area contributed by atoms with Crippen molar-refractivity contribution in [2.75, 3.05) is 26.7 Å². The van der Waals surface area contributed by atoms with Gasteiger partial charge in [-0.25, -0.2) is 0 Å². The Hall–Kier alpha value is -0.770. The van der Waals surface area contributed by atoms with E-state index in [1.165, 1.54) is 12.8 Å². The van der Waals surface area contributed by atoms with Crippen LogP contribution in [-0.2, 0) is 6.54 Å². The first-order valence-electron chi connectivity index (χ1n) is 6.86. The topological polar surface area (TPSA) is 35.5 Å². The first-order valence-corrected chi connectivity index (χ1v) is 7.24. The minimum atomic E-state index is 0.272. The minimum Gasteiger partial charge on any atom is -0.508 e. The molecule has 1 fully saturated rings. The number of hydrogen-bond donors (Lipinski definition) is 2. The smallest absolute Gasteiger partial charge is 0.121 e. The number of nitrogens with zero attached hydrogens (tertiary/aromatic N) is 1. The van der Waals surface area contributed by atoms with Gasteiger partial charge in [0.05, 0.1) is 0 Å². The molecule has 1 heterocycles. The molecule has 106 valence electrons. The molecule has 0 atom stereocenters. The highest BCUT2D eigenvalue weighted by Crippen LogP contribution is 2.30. The molecule has 4 heteroatoms. The van der Waals surface area contributed by atoms with Gasteiger partial charge in [0, 0.05) is 23.7 Å². The number of piperidine rings is 1. The van der Waals surface area contributed by atoms with Crippen molar-refractivity contribution >= 4 is 11.6 Å². The summed E-state index contributed by atoms with van der Waals surface area (Å²) in [4.78, 5) is 2.38. The molecule has 1 aliphatic rings. The molecular weight excluding hydrogens is 260 g/mol. The summed E-state index contributed by atoms with van der Waals surface area (Å²) in [6.07, 6.45) is 2.43. The Balaban J connectivity index is 1.86. The molecule has 3 nitrogen and oxygen atoms in total. The van der Waals surface area contributed by atoms with Crippen LogP contribution in [0.15, 0.2) is 18.2 Å². The number of hydrogen-bond acceptors (Lipinski definition) is 3. The van der Waals surface area contributed by atoms with E-state index in [0.717, 1.165) is 25.2 Å². The third-order valence-electron chi connectivity index (χ3n) is 4.14. The Morgan fingerprint density at radius 1 is 1.37 bits per heavy atom. The summed E-state index contributed by atoms with van der Waals surface area (Å²) in [5.41, 5.74) is 1.14. The first-order chi connectivity index (χ1) is 9.00. The Kier molecular flexibility index (Phi) is 4.71. The molecule has 19 heavy (non-hydrogen) atoms. The van der Waals surface area contributed by atoms with E-state index in [0.29, 0.717) is 17.0 Å². The van der Waals surface area contributed by atoms with Crippen molar-refractivity contribution in [2.24, 2.45) is 5.41 Å². The highest BCUT2D eigenvalue weighted by molar-refractivity contribution is 6.31. The zero-order valence-corrected chi connectivity index (χ0v) is 12.5. The quantitative estimate of drug-likeness (QED) is 0.891. The number of phenols is 1. The van der Waals surface area contributed by atoms with Crippen molar-refractivity contribution in [3.05, 3.63) is 28.8 Å². The Morgan fingerprint density at radius 3 is 2.68 bits per heavy atom. The summed E-state index contributed by atoms with van der Waals surface area (Å²) < 4.78 is 0. The van der Waals surface area contributed by atoms with Gasteiger partial charge in [0.15, 0.2) is 0 Å². The van der Waals surface area contributed by atoms with Crippen LogP contribution in [0.4, 0.5) is 0 Å². The maximum absolute atomic E-state index is 9.80. The molecule has 1 saturated heterocycles. The number of benzene rings is 1. The fourth-order valence-electron chi connectivity index (χ4n) is 2.55. The molecule has 1 aliphatic heterocycles. The Bertz CT molecular complexity index is 408. The summed E-state index contributed by atoms with van der Waals surface area (Å²) >= 11 is 6.10. The summed E-state index contributed by atoms with van der Waals surface area (Å²) in [5.74, 6) is 0.272. The van der Waals surface area contributed by atoms with Crippen molar-refractivity contribution in [3.63, 3.8) is 0 Å².